The fourth-order valence-corrected chi connectivity index (χ4v) is 10.4. The van der Waals surface area contributed by atoms with Crippen molar-refractivity contribution in [2.45, 2.75) is 47.3 Å². The molecule has 1 heterocycles. The Labute approximate surface area is 435 Å². The molecule has 0 aliphatic carbocycles. The molecule has 0 fully saturated rings. The van der Waals surface area contributed by atoms with Crippen LogP contribution in [0.4, 0.5) is 40.3 Å². The molecule has 0 atom stereocenters. The van der Waals surface area contributed by atoms with E-state index >= 15 is 0 Å². The van der Waals surface area contributed by atoms with Gasteiger partial charge >= 0.3 is 29.6 Å². The number of aryl methyl sites for hydroxylation is 2. The number of azo groups is 2. The van der Waals surface area contributed by atoms with Crippen LogP contribution in [0, 0.1) is 21.3 Å². The predicted molar refractivity (Wildman–Crippen MR) is 264 cm³/mol. The van der Waals surface area contributed by atoms with Crippen LogP contribution in [0.25, 0.3) is 21.5 Å². The fourth-order valence-electron chi connectivity index (χ4n) is 6.93. The Morgan fingerprint density at radius 1 is 0.507 bits per heavy atom. The monoisotopic (exact) mass is 1060 g/mol. The molecule has 0 bridgehead atoms. The number of anilines is 3. The number of fused-ring (bicyclic) bond motifs is 2. The molecule has 0 unspecified atom stereocenters. The van der Waals surface area contributed by atoms with Gasteiger partial charge in [-0.2, -0.15) is 69.1 Å². The summed E-state index contributed by atoms with van der Waals surface area (Å²) in [6.45, 7) is 3.59. The molecule has 1 aromatic heterocycles. The minimum Gasteiger partial charge on any atom is -0.358 e. The Balaban J connectivity index is 0.00000365. The van der Waals surface area contributed by atoms with Crippen molar-refractivity contribution in [2.24, 2.45) is 20.5 Å². The van der Waals surface area contributed by atoms with Gasteiger partial charge in [0.25, 0.3) is 40.5 Å². The summed E-state index contributed by atoms with van der Waals surface area (Å²) in [6.07, 6.45) is 0.281. The average Bonchev–Trinajstić information content (AvgIpc) is 3.32. The standard InChI is InChI=1S/C43H41N9O12S4.CH4.CH3.Na/c1-25-18-27(14-16-35(25)51-49-29-21-33-31(39(23-29)67(57,58)63-6)10-8-12-37(33)65(53,54)61-4)20-41-46-42(44-3)48-43(47-41)45-28-15-17-36(26(2)19-28)52-50-30-22-34-32(40(24-30)68(59,60)64-7)11-9-13-38(34)66(55,56)62-5;;;/h8-19,21-24H,20H2,1-7H3,(H2,44,45,46,47,48);1H4;1H3;/q;;-1;+1. The zero-order valence-electron chi connectivity index (χ0n) is 39.1. The van der Waals surface area contributed by atoms with Crippen molar-refractivity contribution < 1.29 is 80.0 Å². The molecule has 0 spiro atoms. The normalized spacial score (nSPS) is 12.2. The fraction of sp³-hybridized carbons (Fsp3) is 0.200. The number of aromatic nitrogens is 3. The summed E-state index contributed by atoms with van der Waals surface area (Å²) in [5.74, 6) is 0.936. The Morgan fingerprint density at radius 3 is 1.38 bits per heavy atom. The van der Waals surface area contributed by atoms with Crippen molar-refractivity contribution in [3.05, 3.63) is 127 Å². The number of nitrogens with zero attached hydrogens (tertiary/aromatic N) is 7. The van der Waals surface area contributed by atoms with E-state index in [1.165, 1.54) is 60.7 Å². The van der Waals surface area contributed by atoms with Crippen molar-refractivity contribution >= 4 is 102 Å². The van der Waals surface area contributed by atoms with Crippen LogP contribution in [0.5, 0.6) is 0 Å². The minimum atomic E-state index is -4.31. The molecule has 370 valence electrons. The van der Waals surface area contributed by atoms with Gasteiger partial charge in [0.15, 0.2) is 0 Å². The summed E-state index contributed by atoms with van der Waals surface area (Å²) in [5.41, 5.74) is 3.72. The molecule has 0 radical (unpaired) electrons. The molecule has 0 aliphatic heterocycles. The molecule has 21 nitrogen and oxygen atoms in total. The van der Waals surface area contributed by atoms with E-state index in [-0.39, 0.29) is 109 Å². The quantitative estimate of drug-likeness (QED) is 0.0430. The van der Waals surface area contributed by atoms with Crippen LogP contribution in [0.1, 0.15) is 29.9 Å². The number of benzene rings is 6. The summed E-state index contributed by atoms with van der Waals surface area (Å²) < 4.78 is 122. The van der Waals surface area contributed by atoms with Gasteiger partial charge < -0.3 is 18.1 Å². The maximum Gasteiger partial charge on any atom is 1.00 e. The third-order valence-electron chi connectivity index (χ3n) is 10.3. The van der Waals surface area contributed by atoms with Gasteiger partial charge in [0.1, 0.15) is 25.4 Å². The third kappa shape index (κ3) is 12.7. The summed E-state index contributed by atoms with van der Waals surface area (Å²) in [4.78, 5) is 12.5. The zero-order chi connectivity index (χ0) is 49.2. The first-order valence-corrected chi connectivity index (χ1v) is 25.4. The molecule has 26 heteroatoms. The van der Waals surface area contributed by atoms with Crippen LogP contribution in [0.3, 0.4) is 0 Å². The SMILES string of the molecule is C.CNc1nc(Cc2ccc(N=Nc3cc(S(=O)(=O)OC)c4cccc(S(=O)(=O)OC)c4c3)c(C)c2)nc(Nc2ccc(N=Nc3cc(S(=O)(=O)OC)c4cccc(S(=O)(=O)OC)c4c3)c(C)c2)n1.[CH3-].[Na+]. The molecule has 71 heavy (non-hydrogen) atoms. The smallest absolute Gasteiger partial charge is 0.358 e. The van der Waals surface area contributed by atoms with Crippen molar-refractivity contribution in [3.63, 3.8) is 0 Å². The van der Waals surface area contributed by atoms with Gasteiger partial charge in [0, 0.05) is 40.7 Å². The molecule has 6 aromatic carbocycles. The van der Waals surface area contributed by atoms with Gasteiger partial charge in [-0.1, -0.05) is 43.8 Å². The summed E-state index contributed by atoms with van der Waals surface area (Å²) >= 11 is 0. The maximum absolute atomic E-state index is 12.9. The minimum absolute atomic E-state index is 0. The Hall–Kier alpha value is -5.71. The average molecular weight is 1060 g/mol. The van der Waals surface area contributed by atoms with Crippen molar-refractivity contribution in [3.8, 4) is 0 Å². The van der Waals surface area contributed by atoms with Gasteiger partial charge in [-0.3, -0.25) is 16.7 Å². The molecule has 0 saturated carbocycles. The van der Waals surface area contributed by atoms with Crippen LogP contribution >= 0.6 is 0 Å². The van der Waals surface area contributed by atoms with E-state index in [2.05, 4.69) is 46.0 Å². The number of hydrogen-bond donors (Lipinski definition) is 2. The van der Waals surface area contributed by atoms with Crippen LogP contribution < -0.4 is 40.2 Å². The second kappa shape index (κ2) is 23.2. The first-order valence-electron chi connectivity index (χ1n) is 19.8. The van der Waals surface area contributed by atoms with Gasteiger partial charge in [0.2, 0.25) is 11.9 Å². The van der Waals surface area contributed by atoms with Crippen LogP contribution in [-0.4, -0.2) is 84.1 Å². The maximum atomic E-state index is 12.9. The second-order valence-corrected chi connectivity index (χ2v) is 21.3. The van der Waals surface area contributed by atoms with E-state index < -0.39 is 40.5 Å². The van der Waals surface area contributed by atoms with E-state index in [9.17, 15) is 33.7 Å². The molecule has 0 amide bonds. The summed E-state index contributed by atoms with van der Waals surface area (Å²) in [6, 6.07) is 24.1. The van der Waals surface area contributed by atoms with Crippen LogP contribution in [0.2, 0.25) is 0 Å². The van der Waals surface area contributed by atoms with Crippen molar-refractivity contribution in [1.82, 2.24) is 15.0 Å². The van der Waals surface area contributed by atoms with Gasteiger partial charge in [-0.15, -0.1) is 0 Å². The molecular weight excluding hydrogens is 1010 g/mol. The number of hydrogen-bond acceptors (Lipinski definition) is 21. The number of rotatable bonds is 17. The molecule has 0 saturated heterocycles. The Morgan fingerprint density at radius 2 is 0.944 bits per heavy atom. The van der Waals surface area contributed by atoms with Gasteiger partial charge in [-0.05, 0) is 91.2 Å². The topological polar surface area (TPSA) is 286 Å². The van der Waals surface area contributed by atoms with Gasteiger partial charge in [0.05, 0.1) is 51.2 Å². The first kappa shape index (κ1) is 57.9. The first-order chi connectivity index (χ1) is 32.2. The molecular formula is C45H48N9NaO12S4. The third-order valence-corrected chi connectivity index (χ3v) is 15.6. The molecule has 2 N–H and O–H groups in total. The molecule has 0 aliphatic rings. The second-order valence-electron chi connectivity index (χ2n) is 14.5. The van der Waals surface area contributed by atoms with E-state index in [0.29, 0.717) is 40.0 Å². The van der Waals surface area contributed by atoms with E-state index in [4.69, 9.17) is 16.7 Å². The van der Waals surface area contributed by atoms with Crippen molar-refractivity contribution in [2.75, 3.05) is 46.1 Å². The molecule has 7 rings (SSSR count). The van der Waals surface area contributed by atoms with Gasteiger partial charge in [-0.25, -0.2) is 0 Å². The number of nitrogens with one attached hydrogen (secondary N) is 2. The summed E-state index contributed by atoms with van der Waals surface area (Å²) in [7, 11) is -11.4. The van der Waals surface area contributed by atoms with Crippen molar-refractivity contribution in [1.29, 1.82) is 0 Å². The Kier molecular flexibility index (Phi) is 18.9. The van der Waals surface area contributed by atoms with Crippen LogP contribution in [0.15, 0.2) is 137 Å². The van der Waals surface area contributed by atoms with E-state index in [1.54, 1.807) is 44.3 Å². The predicted octanol–water partition coefficient (Wildman–Crippen LogP) is 6.43. The Bertz CT molecular complexity index is 3440. The summed E-state index contributed by atoms with van der Waals surface area (Å²) in [5, 5.41) is 23.6. The largest absolute Gasteiger partial charge is 1.00 e. The molecule has 7 aromatic rings. The van der Waals surface area contributed by atoms with E-state index in [1.807, 2.05) is 13.0 Å². The van der Waals surface area contributed by atoms with Crippen LogP contribution in [-0.2, 0) is 63.6 Å². The zero-order valence-corrected chi connectivity index (χ0v) is 44.4. The van der Waals surface area contributed by atoms with E-state index in [0.717, 1.165) is 34.0 Å².